The van der Waals surface area contributed by atoms with Gasteiger partial charge in [-0.3, -0.25) is 4.79 Å². The van der Waals surface area contributed by atoms with E-state index in [1.165, 1.54) is 5.56 Å². The van der Waals surface area contributed by atoms with Gasteiger partial charge >= 0.3 is 0 Å². The minimum Gasteiger partial charge on any atom is -0.381 e. The van der Waals surface area contributed by atoms with Crippen LogP contribution in [0, 0.1) is 5.92 Å². The molecule has 3 aliphatic rings. The summed E-state index contributed by atoms with van der Waals surface area (Å²) in [6, 6.07) is 10.0. The van der Waals surface area contributed by atoms with Gasteiger partial charge in [0.1, 0.15) is 5.82 Å². The van der Waals surface area contributed by atoms with Gasteiger partial charge in [0.05, 0.1) is 22.1 Å². The van der Waals surface area contributed by atoms with E-state index in [9.17, 15) is 4.79 Å². The summed E-state index contributed by atoms with van der Waals surface area (Å²) in [5.41, 5.74) is 4.21. The number of pyridine rings is 1. The number of carbonyl (C=O) groups is 1. The number of nitrogens with zero attached hydrogens (tertiary/aromatic N) is 4. The highest BCUT2D eigenvalue weighted by atomic mass is 35.5. The van der Waals surface area contributed by atoms with Crippen LogP contribution in [0.4, 0.5) is 5.69 Å². The third-order valence-electron chi connectivity index (χ3n) is 8.03. The number of para-hydroxylation sites is 1. The number of hydrogen-bond donors (Lipinski definition) is 1. The van der Waals surface area contributed by atoms with Crippen molar-refractivity contribution in [1.82, 2.24) is 19.9 Å². The van der Waals surface area contributed by atoms with E-state index in [1.807, 2.05) is 30.5 Å². The molecule has 0 saturated carbocycles. The van der Waals surface area contributed by atoms with Crippen molar-refractivity contribution in [2.75, 3.05) is 44.3 Å². The molecule has 1 atom stereocenters. The maximum absolute atomic E-state index is 13.3. The summed E-state index contributed by atoms with van der Waals surface area (Å²) in [5.74, 6) is 2.21. The first-order valence-electron chi connectivity index (χ1n) is 12.9. The fourth-order valence-corrected chi connectivity index (χ4v) is 6.27. The van der Waals surface area contributed by atoms with Crippen molar-refractivity contribution >= 4 is 34.4 Å². The predicted molar refractivity (Wildman–Crippen MR) is 137 cm³/mol. The molecular weight excluding hydrogens is 462 g/mol. The van der Waals surface area contributed by atoms with Crippen LogP contribution in [0.3, 0.4) is 0 Å². The first-order chi connectivity index (χ1) is 17.2. The highest BCUT2D eigenvalue weighted by molar-refractivity contribution is 6.33. The molecule has 5 heterocycles. The molecule has 0 spiro atoms. The highest BCUT2D eigenvalue weighted by Crippen LogP contribution is 2.35. The number of rotatable bonds is 4. The Bertz CT molecular complexity index is 1200. The lowest BCUT2D eigenvalue weighted by atomic mass is 9.89. The number of likely N-dealkylation sites (tertiary alicyclic amines) is 1. The van der Waals surface area contributed by atoms with E-state index in [2.05, 4.69) is 25.8 Å². The number of fused-ring (bicyclic) bond motifs is 1. The van der Waals surface area contributed by atoms with Gasteiger partial charge in [0.15, 0.2) is 5.65 Å². The van der Waals surface area contributed by atoms with E-state index in [0.29, 0.717) is 17.7 Å². The molecule has 3 fully saturated rings. The number of amides is 1. The van der Waals surface area contributed by atoms with Crippen LogP contribution in [-0.2, 0) is 9.53 Å². The Morgan fingerprint density at radius 2 is 1.80 bits per heavy atom. The molecule has 0 radical (unpaired) electrons. The zero-order chi connectivity index (χ0) is 23.8. The number of ether oxygens (including phenoxy) is 1. The average molecular weight is 494 g/mol. The molecule has 0 aliphatic carbocycles. The second-order valence-corrected chi connectivity index (χ2v) is 10.5. The third-order valence-corrected chi connectivity index (χ3v) is 8.35. The van der Waals surface area contributed by atoms with Crippen molar-refractivity contribution in [2.45, 2.75) is 43.9 Å². The van der Waals surface area contributed by atoms with Gasteiger partial charge in [0, 0.05) is 51.5 Å². The fourth-order valence-electron chi connectivity index (χ4n) is 6.01. The Labute approximate surface area is 210 Å². The summed E-state index contributed by atoms with van der Waals surface area (Å²) in [4.78, 5) is 30.6. The maximum atomic E-state index is 13.3. The summed E-state index contributed by atoms with van der Waals surface area (Å²) in [5, 5.41) is 0.754. The lowest BCUT2D eigenvalue weighted by Gasteiger charge is -2.34. The second-order valence-electron chi connectivity index (χ2n) is 10.1. The standard InChI is InChI=1S/C27H32ClN5O2/c28-22-3-1-2-4-23(22)33-14-8-20(17-33)27(34)32-12-6-18(7-13-32)21-5-11-29-26-24(21)30-25(31-26)19-9-15-35-16-10-19/h1-5,11,18-20H,6-10,12-17H2,(H,29,30,31). The number of nitrogens with one attached hydrogen (secondary N) is 1. The van der Waals surface area contributed by atoms with E-state index < -0.39 is 0 Å². The molecule has 3 aliphatic heterocycles. The van der Waals surface area contributed by atoms with Gasteiger partial charge in [-0.25, -0.2) is 9.97 Å². The number of imidazole rings is 1. The number of aromatic amines is 1. The Morgan fingerprint density at radius 1 is 1.00 bits per heavy atom. The van der Waals surface area contributed by atoms with Gasteiger partial charge < -0.3 is 19.5 Å². The fraction of sp³-hybridized carbons (Fsp3) is 0.519. The molecule has 7 nitrogen and oxygen atoms in total. The summed E-state index contributed by atoms with van der Waals surface area (Å²) < 4.78 is 5.52. The number of benzene rings is 1. The molecule has 1 aromatic carbocycles. The first kappa shape index (κ1) is 22.8. The van der Waals surface area contributed by atoms with Crippen molar-refractivity contribution < 1.29 is 9.53 Å². The molecule has 8 heteroatoms. The van der Waals surface area contributed by atoms with Crippen LogP contribution in [0.15, 0.2) is 36.5 Å². The van der Waals surface area contributed by atoms with Crippen molar-refractivity contribution in [3.05, 3.63) is 52.9 Å². The largest absolute Gasteiger partial charge is 0.381 e. The van der Waals surface area contributed by atoms with E-state index in [1.54, 1.807) is 0 Å². The van der Waals surface area contributed by atoms with Crippen LogP contribution in [-0.4, -0.2) is 65.2 Å². The first-order valence-corrected chi connectivity index (χ1v) is 13.3. The lowest BCUT2D eigenvalue weighted by Crippen LogP contribution is -2.42. The highest BCUT2D eigenvalue weighted by Gasteiger charge is 2.34. The molecule has 2 aromatic heterocycles. The van der Waals surface area contributed by atoms with Gasteiger partial charge in [-0.2, -0.15) is 0 Å². The average Bonchev–Trinajstić information content (AvgIpc) is 3.57. The Morgan fingerprint density at radius 3 is 2.60 bits per heavy atom. The molecule has 184 valence electrons. The molecule has 6 rings (SSSR count). The smallest absolute Gasteiger partial charge is 0.227 e. The van der Waals surface area contributed by atoms with Gasteiger partial charge in [-0.15, -0.1) is 0 Å². The number of anilines is 1. The quantitative estimate of drug-likeness (QED) is 0.568. The Hall–Kier alpha value is -2.64. The van der Waals surface area contributed by atoms with Gasteiger partial charge in [-0.05, 0) is 61.8 Å². The van der Waals surface area contributed by atoms with E-state index in [0.717, 1.165) is 99.2 Å². The van der Waals surface area contributed by atoms with Crippen LogP contribution in [0.5, 0.6) is 0 Å². The van der Waals surface area contributed by atoms with Gasteiger partial charge in [-0.1, -0.05) is 23.7 Å². The van der Waals surface area contributed by atoms with E-state index >= 15 is 0 Å². The maximum Gasteiger partial charge on any atom is 0.227 e. The number of H-pyrrole nitrogens is 1. The van der Waals surface area contributed by atoms with Crippen molar-refractivity contribution in [1.29, 1.82) is 0 Å². The third kappa shape index (κ3) is 4.52. The minimum atomic E-state index is 0.0464. The van der Waals surface area contributed by atoms with Crippen molar-refractivity contribution in [3.8, 4) is 0 Å². The van der Waals surface area contributed by atoms with Gasteiger partial charge in [0.25, 0.3) is 0 Å². The zero-order valence-electron chi connectivity index (χ0n) is 20.0. The lowest BCUT2D eigenvalue weighted by molar-refractivity contribution is -0.135. The predicted octanol–water partition coefficient (Wildman–Crippen LogP) is 4.74. The van der Waals surface area contributed by atoms with Crippen LogP contribution in [0.2, 0.25) is 5.02 Å². The Balaban J connectivity index is 1.10. The van der Waals surface area contributed by atoms with Crippen LogP contribution >= 0.6 is 11.6 Å². The summed E-state index contributed by atoms with van der Waals surface area (Å²) >= 11 is 6.39. The van der Waals surface area contributed by atoms with Crippen molar-refractivity contribution in [2.24, 2.45) is 5.92 Å². The number of halogens is 1. The summed E-state index contributed by atoms with van der Waals surface area (Å²) in [7, 11) is 0. The molecule has 35 heavy (non-hydrogen) atoms. The Kier molecular flexibility index (Phi) is 6.37. The van der Waals surface area contributed by atoms with Crippen molar-refractivity contribution in [3.63, 3.8) is 0 Å². The monoisotopic (exact) mass is 493 g/mol. The van der Waals surface area contributed by atoms with Crippen LogP contribution < -0.4 is 4.90 Å². The second kappa shape index (κ2) is 9.78. The number of aromatic nitrogens is 3. The molecule has 1 unspecified atom stereocenters. The summed E-state index contributed by atoms with van der Waals surface area (Å²) in [6.07, 6.45) is 6.72. The minimum absolute atomic E-state index is 0.0464. The number of carbonyl (C=O) groups excluding carboxylic acids is 1. The van der Waals surface area contributed by atoms with E-state index in [-0.39, 0.29) is 5.92 Å². The normalized spacial score (nSPS) is 22.3. The molecule has 1 N–H and O–H groups in total. The molecule has 1 amide bonds. The zero-order valence-corrected chi connectivity index (χ0v) is 20.7. The number of hydrogen-bond acceptors (Lipinski definition) is 5. The van der Waals surface area contributed by atoms with Crippen LogP contribution in [0.1, 0.15) is 55.3 Å². The SMILES string of the molecule is O=C(C1CCN(c2ccccc2Cl)C1)N1CCC(c2ccnc3nc(C4CCOCC4)[nH]c23)CC1. The molecule has 3 aromatic rings. The van der Waals surface area contributed by atoms with Gasteiger partial charge in [0.2, 0.25) is 5.91 Å². The molecule has 3 saturated heterocycles. The molecule has 0 bridgehead atoms. The molecular formula is C27H32ClN5O2. The van der Waals surface area contributed by atoms with E-state index in [4.69, 9.17) is 21.3 Å². The topological polar surface area (TPSA) is 74.3 Å². The van der Waals surface area contributed by atoms with Crippen LogP contribution in [0.25, 0.3) is 11.2 Å². The number of piperidine rings is 1. The summed E-state index contributed by atoms with van der Waals surface area (Å²) in [6.45, 7) is 4.82.